The molecule has 6 heteroatoms. The lowest BCUT2D eigenvalue weighted by Gasteiger charge is -2.22. The summed E-state index contributed by atoms with van der Waals surface area (Å²) in [6, 6.07) is -0.541. The number of allylic oxidation sites excluding steroid dienone is 4. The molecule has 0 saturated carbocycles. The van der Waals surface area contributed by atoms with Crippen molar-refractivity contribution in [3.8, 4) is 0 Å². The van der Waals surface area contributed by atoms with E-state index in [0.29, 0.717) is 25.9 Å². The molecule has 0 radical (unpaired) electrons. The maximum Gasteiger partial charge on any atom is 0.305 e. The summed E-state index contributed by atoms with van der Waals surface area (Å²) in [6.45, 7) is 4.99. The lowest BCUT2D eigenvalue weighted by molar-refractivity contribution is -0.143. The topological polar surface area (TPSA) is 95.9 Å². The Labute approximate surface area is 507 Å². The van der Waals surface area contributed by atoms with E-state index < -0.39 is 12.1 Å². The molecule has 2 unspecified atom stereocenters. The first-order chi connectivity index (χ1) is 40.0. The van der Waals surface area contributed by atoms with E-state index in [1.807, 2.05) is 0 Å². The molecule has 3 N–H and O–H groups in total. The number of hydrogen-bond donors (Lipinski definition) is 3. The van der Waals surface area contributed by atoms with E-state index in [1.165, 1.54) is 340 Å². The largest absolute Gasteiger partial charge is 0.466 e. The molecule has 2 atom stereocenters. The van der Waals surface area contributed by atoms with Crippen molar-refractivity contribution in [3.63, 3.8) is 0 Å². The summed E-state index contributed by atoms with van der Waals surface area (Å²) in [4.78, 5) is 24.6. The highest BCUT2D eigenvalue weighted by Gasteiger charge is 2.20. The highest BCUT2D eigenvalue weighted by Crippen LogP contribution is 2.19. The number of hydrogen-bond acceptors (Lipinski definition) is 5. The van der Waals surface area contributed by atoms with Gasteiger partial charge in [0.2, 0.25) is 5.91 Å². The molecule has 6 nitrogen and oxygen atoms in total. The number of unbranched alkanes of at least 4 members (excludes halogenated alkanes) is 55. The fourth-order valence-electron chi connectivity index (χ4n) is 11.8. The SMILES string of the molecule is CCCCCCCCC/C=C\CCCCCCCC(=O)OCCCCCCCCCCCCCC/C=C\CCCCCCCCCCCCCCCC(=O)NC(CO)C(O)CCCCCCCCCCCCCCCCCCCCC. The molecular formula is C75H145NO5. The summed E-state index contributed by atoms with van der Waals surface area (Å²) < 4.78 is 5.50. The summed E-state index contributed by atoms with van der Waals surface area (Å²) in [6.07, 6.45) is 89.5. The summed E-state index contributed by atoms with van der Waals surface area (Å²) in [5.74, 6) is -0.0199. The van der Waals surface area contributed by atoms with E-state index in [0.717, 1.165) is 44.9 Å². The van der Waals surface area contributed by atoms with Gasteiger partial charge in [0.1, 0.15) is 0 Å². The van der Waals surface area contributed by atoms with Crippen LogP contribution in [0.1, 0.15) is 418 Å². The second kappa shape index (κ2) is 70.8. The van der Waals surface area contributed by atoms with Crippen LogP contribution in [0.5, 0.6) is 0 Å². The van der Waals surface area contributed by atoms with Crippen molar-refractivity contribution < 1.29 is 24.5 Å². The maximum atomic E-state index is 12.5. The predicted molar refractivity (Wildman–Crippen MR) is 356 cm³/mol. The highest BCUT2D eigenvalue weighted by molar-refractivity contribution is 5.76. The molecule has 0 aromatic heterocycles. The van der Waals surface area contributed by atoms with Crippen LogP contribution in [0, 0.1) is 0 Å². The molecule has 1 amide bonds. The molecule has 0 spiro atoms. The number of nitrogens with one attached hydrogen (secondary N) is 1. The van der Waals surface area contributed by atoms with Gasteiger partial charge in [-0.25, -0.2) is 0 Å². The smallest absolute Gasteiger partial charge is 0.305 e. The van der Waals surface area contributed by atoms with Gasteiger partial charge in [0, 0.05) is 12.8 Å². The molecule has 0 aromatic carbocycles. The maximum absolute atomic E-state index is 12.5. The Hall–Kier alpha value is -1.66. The third kappa shape index (κ3) is 67.3. The number of ether oxygens (including phenoxy) is 1. The molecule has 0 heterocycles. The van der Waals surface area contributed by atoms with Crippen LogP contribution in [0.15, 0.2) is 24.3 Å². The molecule has 0 aliphatic rings. The third-order valence-electron chi connectivity index (χ3n) is 17.5. The summed E-state index contributed by atoms with van der Waals surface area (Å²) in [5.41, 5.74) is 0. The standard InChI is InChI=1S/C75H145NO5/c1-3-5-7-9-11-13-15-17-19-21-33-36-39-43-47-51-55-59-63-67-73(78)72(71-77)76-74(79)68-64-60-56-52-48-44-40-37-34-31-29-27-25-23-22-24-26-28-30-32-35-38-42-46-50-54-58-62-66-70-81-75(80)69-65-61-57-53-49-45-41-20-18-16-14-12-10-8-6-4-2/h20,22,24,41,72-73,77-78H,3-19,21,23,25-40,42-71H2,1-2H3,(H,76,79)/b24-22-,41-20-. The van der Waals surface area contributed by atoms with Crippen LogP contribution in [0.3, 0.4) is 0 Å². The predicted octanol–water partition coefficient (Wildman–Crippen LogP) is 24.1. The van der Waals surface area contributed by atoms with Crippen LogP contribution < -0.4 is 5.32 Å². The number of carbonyl (C=O) groups excluding carboxylic acids is 2. The fourth-order valence-corrected chi connectivity index (χ4v) is 11.8. The number of rotatable bonds is 70. The second-order valence-electron chi connectivity index (χ2n) is 25.6. The Bertz CT molecular complexity index is 1270. The number of aliphatic hydroxyl groups is 2. The van der Waals surface area contributed by atoms with E-state index in [1.54, 1.807) is 0 Å². The molecule has 0 aromatic rings. The average Bonchev–Trinajstić information content (AvgIpc) is 3.47. The zero-order valence-corrected chi connectivity index (χ0v) is 55.0. The van der Waals surface area contributed by atoms with Crippen molar-refractivity contribution in [1.29, 1.82) is 0 Å². The Morgan fingerprint density at radius 1 is 0.333 bits per heavy atom. The molecule has 480 valence electrons. The molecule has 0 saturated heterocycles. The highest BCUT2D eigenvalue weighted by atomic mass is 16.5. The zero-order valence-electron chi connectivity index (χ0n) is 55.0. The summed E-state index contributed by atoms with van der Waals surface area (Å²) >= 11 is 0. The van der Waals surface area contributed by atoms with Crippen molar-refractivity contribution in [2.75, 3.05) is 13.2 Å². The summed E-state index contributed by atoms with van der Waals surface area (Å²) in [7, 11) is 0. The monoisotopic (exact) mass is 1140 g/mol. The van der Waals surface area contributed by atoms with Crippen LogP contribution in [-0.2, 0) is 14.3 Å². The minimum Gasteiger partial charge on any atom is -0.466 e. The van der Waals surface area contributed by atoms with Crippen molar-refractivity contribution in [2.24, 2.45) is 0 Å². The van der Waals surface area contributed by atoms with Gasteiger partial charge in [0.15, 0.2) is 0 Å². The van der Waals surface area contributed by atoms with E-state index in [2.05, 4.69) is 43.5 Å². The van der Waals surface area contributed by atoms with Gasteiger partial charge in [-0.15, -0.1) is 0 Å². The van der Waals surface area contributed by atoms with Gasteiger partial charge in [-0.3, -0.25) is 9.59 Å². The Morgan fingerprint density at radius 2 is 0.580 bits per heavy atom. The fraction of sp³-hybridized carbons (Fsp3) is 0.920. The van der Waals surface area contributed by atoms with Gasteiger partial charge in [0.25, 0.3) is 0 Å². The molecule has 0 aliphatic carbocycles. The van der Waals surface area contributed by atoms with Crippen LogP contribution in [0.2, 0.25) is 0 Å². The van der Waals surface area contributed by atoms with Gasteiger partial charge in [-0.2, -0.15) is 0 Å². The van der Waals surface area contributed by atoms with Crippen LogP contribution in [0.25, 0.3) is 0 Å². The molecule has 81 heavy (non-hydrogen) atoms. The normalized spacial score (nSPS) is 12.6. The minimum atomic E-state index is -0.664. The first-order valence-corrected chi connectivity index (χ1v) is 37.1. The Kier molecular flexibility index (Phi) is 69.4. The molecule has 0 bridgehead atoms. The van der Waals surface area contributed by atoms with Crippen LogP contribution in [0.4, 0.5) is 0 Å². The van der Waals surface area contributed by atoms with E-state index in [4.69, 9.17) is 4.74 Å². The number of aliphatic hydroxyl groups excluding tert-OH is 2. The van der Waals surface area contributed by atoms with Gasteiger partial charge in [-0.1, -0.05) is 353 Å². The van der Waals surface area contributed by atoms with E-state index in [-0.39, 0.29) is 18.5 Å². The average molecular weight is 1140 g/mol. The van der Waals surface area contributed by atoms with E-state index >= 15 is 0 Å². The zero-order chi connectivity index (χ0) is 58.5. The third-order valence-corrected chi connectivity index (χ3v) is 17.5. The molecule has 0 fully saturated rings. The van der Waals surface area contributed by atoms with Crippen LogP contribution in [-0.4, -0.2) is 47.4 Å². The number of carbonyl (C=O) groups is 2. The summed E-state index contributed by atoms with van der Waals surface area (Å²) in [5, 5.41) is 23.4. The molecular weight excluding hydrogens is 995 g/mol. The van der Waals surface area contributed by atoms with Gasteiger partial charge in [0.05, 0.1) is 25.4 Å². The van der Waals surface area contributed by atoms with Crippen LogP contribution >= 0.6 is 0 Å². The van der Waals surface area contributed by atoms with Crippen molar-refractivity contribution >= 4 is 11.9 Å². The quantitative estimate of drug-likeness (QED) is 0.0320. The van der Waals surface area contributed by atoms with E-state index in [9.17, 15) is 19.8 Å². The van der Waals surface area contributed by atoms with Crippen molar-refractivity contribution in [1.82, 2.24) is 5.32 Å². The lowest BCUT2D eigenvalue weighted by Crippen LogP contribution is -2.45. The molecule has 0 aliphatic heterocycles. The lowest BCUT2D eigenvalue weighted by atomic mass is 10.0. The Balaban J connectivity index is 3.37. The number of esters is 1. The first-order valence-electron chi connectivity index (χ1n) is 37.1. The second-order valence-corrected chi connectivity index (χ2v) is 25.6. The molecule has 0 rings (SSSR count). The van der Waals surface area contributed by atoms with Gasteiger partial charge < -0.3 is 20.3 Å². The van der Waals surface area contributed by atoms with Crippen molar-refractivity contribution in [3.05, 3.63) is 24.3 Å². The van der Waals surface area contributed by atoms with Gasteiger partial charge >= 0.3 is 5.97 Å². The number of amides is 1. The van der Waals surface area contributed by atoms with Crippen molar-refractivity contribution in [2.45, 2.75) is 431 Å². The first kappa shape index (κ1) is 79.3. The Morgan fingerprint density at radius 3 is 0.877 bits per heavy atom. The van der Waals surface area contributed by atoms with Gasteiger partial charge in [-0.05, 0) is 77.0 Å². The minimum absolute atomic E-state index is 0.00999.